The number of carbonyl (C=O) groups excluding carboxylic acids is 1. The van der Waals surface area contributed by atoms with Crippen LogP contribution in [-0.4, -0.2) is 23.5 Å². The first-order valence-corrected chi connectivity index (χ1v) is 8.84. The zero-order chi connectivity index (χ0) is 15.4. The number of rotatable bonds is 5. The summed E-state index contributed by atoms with van der Waals surface area (Å²) < 4.78 is 0. The molecule has 4 nitrogen and oxygen atoms in total. The standard InChI is InChI=1S/C16H27N3OS/c1-10(2)12-5-4-11(3)8-13(12)19-16(20)14-9-21-15(18-14)6-7-17/h9-13H,4-8,17H2,1-3H3,(H,19,20). The minimum absolute atomic E-state index is 0.0285. The van der Waals surface area contributed by atoms with Crippen molar-refractivity contribution in [2.75, 3.05) is 6.54 Å². The van der Waals surface area contributed by atoms with Crippen LogP contribution in [0.15, 0.2) is 5.38 Å². The van der Waals surface area contributed by atoms with Crippen LogP contribution in [0.4, 0.5) is 0 Å². The summed E-state index contributed by atoms with van der Waals surface area (Å²) in [6, 6.07) is 0.279. The summed E-state index contributed by atoms with van der Waals surface area (Å²) in [7, 11) is 0. The third kappa shape index (κ3) is 4.27. The highest BCUT2D eigenvalue weighted by atomic mass is 32.1. The van der Waals surface area contributed by atoms with Crippen molar-refractivity contribution >= 4 is 17.2 Å². The van der Waals surface area contributed by atoms with Crippen LogP contribution in [0.3, 0.4) is 0 Å². The summed E-state index contributed by atoms with van der Waals surface area (Å²) in [6.07, 6.45) is 4.30. The van der Waals surface area contributed by atoms with Gasteiger partial charge in [-0.15, -0.1) is 11.3 Å². The maximum Gasteiger partial charge on any atom is 0.270 e. The van der Waals surface area contributed by atoms with E-state index in [0.717, 1.165) is 17.8 Å². The highest BCUT2D eigenvalue weighted by molar-refractivity contribution is 7.09. The van der Waals surface area contributed by atoms with Crippen molar-refractivity contribution in [2.45, 2.75) is 52.5 Å². The van der Waals surface area contributed by atoms with E-state index in [4.69, 9.17) is 5.73 Å². The molecule has 5 heteroatoms. The Morgan fingerprint density at radius 2 is 2.29 bits per heavy atom. The smallest absolute Gasteiger partial charge is 0.270 e. The highest BCUT2D eigenvalue weighted by Gasteiger charge is 2.32. The number of aromatic nitrogens is 1. The second kappa shape index (κ2) is 7.36. The summed E-state index contributed by atoms with van der Waals surface area (Å²) in [5.74, 6) is 1.84. The number of nitrogens with two attached hydrogens (primary N) is 1. The van der Waals surface area contributed by atoms with Gasteiger partial charge in [0.05, 0.1) is 5.01 Å². The zero-order valence-electron chi connectivity index (χ0n) is 13.3. The fourth-order valence-electron chi connectivity index (χ4n) is 3.26. The molecule has 3 N–H and O–H groups in total. The van der Waals surface area contributed by atoms with Gasteiger partial charge in [0.2, 0.25) is 0 Å². The Labute approximate surface area is 131 Å². The van der Waals surface area contributed by atoms with Gasteiger partial charge in [-0.2, -0.15) is 0 Å². The van der Waals surface area contributed by atoms with Crippen molar-refractivity contribution in [1.82, 2.24) is 10.3 Å². The number of carbonyl (C=O) groups is 1. The average Bonchev–Trinajstić information content (AvgIpc) is 2.87. The van der Waals surface area contributed by atoms with E-state index in [1.54, 1.807) is 0 Å². The van der Waals surface area contributed by atoms with E-state index in [1.165, 1.54) is 24.2 Å². The van der Waals surface area contributed by atoms with E-state index in [2.05, 4.69) is 31.1 Å². The first kappa shape index (κ1) is 16.4. The van der Waals surface area contributed by atoms with Gasteiger partial charge in [-0.25, -0.2) is 4.98 Å². The van der Waals surface area contributed by atoms with Gasteiger partial charge < -0.3 is 11.1 Å². The molecule has 1 aromatic heterocycles. The second-order valence-electron chi connectivity index (χ2n) is 6.57. The van der Waals surface area contributed by atoms with Crippen molar-refractivity contribution in [3.63, 3.8) is 0 Å². The third-order valence-corrected chi connectivity index (χ3v) is 5.39. The van der Waals surface area contributed by atoms with Gasteiger partial charge in [-0.1, -0.05) is 27.2 Å². The summed E-state index contributed by atoms with van der Waals surface area (Å²) in [5.41, 5.74) is 6.07. The Balaban J connectivity index is 2.01. The van der Waals surface area contributed by atoms with E-state index < -0.39 is 0 Å². The van der Waals surface area contributed by atoms with Crippen LogP contribution in [-0.2, 0) is 6.42 Å². The van der Waals surface area contributed by atoms with Crippen LogP contribution < -0.4 is 11.1 Å². The second-order valence-corrected chi connectivity index (χ2v) is 7.51. The van der Waals surface area contributed by atoms with E-state index in [0.29, 0.717) is 30.0 Å². The minimum Gasteiger partial charge on any atom is -0.348 e. The van der Waals surface area contributed by atoms with Crippen LogP contribution in [0.1, 0.15) is 55.5 Å². The fraction of sp³-hybridized carbons (Fsp3) is 0.750. The molecule has 0 aromatic carbocycles. The predicted octanol–water partition coefficient (Wildman–Crippen LogP) is 2.83. The number of hydrogen-bond acceptors (Lipinski definition) is 4. The van der Waals surface area contributed by atoms with Crippen molar-refractivity contribution in [3.05, 3.63) is 16.1 Å². The number of thiazole rings is 1. The lowest BCUT2D eigenvalue weighted by Gasteiger charge is -2.37. The van der Waals surface area contributed by atoms with Crippen LogP contribution in [0.2, 0.25) is 0 Å². The van der Waals surface area contributed by atoms with Gasteiger partial charge >= 0.3 is 0 Å². The molecule has 1 aromatic rings. The van der Waals surface area contributed by atoms with Crippen molar-refractivity contribution < 1.29 is 4.79 Å². The molecule has 1 fully saturated rings. The quantitative estimate of drug-likeness (QED) is 0.879. The van der Waals surface area contributed by atoms with Gasteiger partial charge in [0.15, 0.2) is 0 Å². The molecule has 0 saturated heterocycles. The Bertz CT molecular complexity index is 472. The molecule has 3 atom stereocenters. The number of nitrogens with one attached hydrogen (secondary N) is 1. The van der Waals surface area contributed by atoms with Crippen molar-refractivity contribution in [2.24, 2.45) is 23.5 Å². The summed E-state index contributed by atoms with van der Waals surface area (Å²) >= 11 is 1.52. The van der Waals surface area contributed by atoms with Crippen molar-refractivity contribution in [1.29, 1.82) is 0 Å². The average molecular weight is 309 g/mol. The monoisotopic (exact) mass is 309 g/mol. The first-order valence-electron chi connectivity index (χ1n) is 7.96. The first-order chi connectivity index (χ1) is 10.0. The molecule has 21 heavy (non-hydrogen) atoms. The lowest BCUT2D eigenvalue weighted by molar-refractivity contribution is 0.0863. The van der Waals surface area contributed by atoms with Gasteiger partial charge in [0, 0.05) is 17.8 Å². The maximum atomic E-state index is 12.4. The van der Waals surface area contributed by atoms with Crippen LogP contribution in [0, 0.1) is 17.8 Å². The van der Waals surface area contributed by atoms with Gasteiger partial charge in [-0.05, 0) is 37.1 Å². The summed E-state index contributed by atoms with van der Waals surface area (Å²) in [6.45, 7) is 7.35. The maximum absolute atomic E-state index is 12.4. The third-order valence-electron chi connectivity index (χ3n) is 4.48. The fourth-order valence-corrected chi connectivity index (χ4v) is 4.06. The SMILES string of the molecule is CC1CCC(C(C)C)C(NC(=O)c2csc(CCN)n2)C1. The Morgan fingerprint density at radius 3 is 2.95 bits per heavy atom. The molecule has 1 aliphatic rings. The largest absolute Gasteiger partial charge is 0.348 e. The van der Waals surface area contributed by atoms with Crippen LogP contribution >= 0.6 is 11.3 Å². The molecular formula is C16H27N3OS. The number of amides is 1. The zero-order valence-corrected chi connectivity index (χ0v) is 14.1. The molecule has 1 saturated carbocycles. The molecule has 3 unspecified atom stereocenters. The predicted molar refractivity (Wildman–Crippen MR) is 87.5 cm³/mol. The Kier molecular flexibility index (Phi) is 5.76. The number of hydrogen-bond donors (Lipinski definition) is 2. The molecule has 0 spiro atoms. The molecule has 0 aliphatic heterocycles. The lowest BCUT2D eigenvalue weighted by atomic mass is 9.74. The van der Waals surface area contributed by atoms with Gasteiger partial charge in [-0.3, -0.25) is 4.79 Å². The molecule has 2 rings (SSSR count). The molecule has 1 amide bonds. The molecule has 0 radical (unpaired) electrons. The van der Waals surface area contributed by atoms with Gasteiger partial charge in [0.1, 0.15) is 5.69 Å². The normalized spacial score (nSPS) is 26.0. The Hall–Kier alpha value is -0.940. The number of nitrogens with zero attached hydrogens (tertiary/aromatic N) is 1. The summed E-state index contributed by atoms with van der Waals surface area (Å²) in [5, 5.41) is 6.02. The minimum atomic E-state index is -0.0285. The molecule has 0 bridgehead atoms. The molecule has 118 valence electrons. The molecule has 1 heterocycles. The molecule has 1 aliphatic carbocycles. The van der Waals surface area contributed by atoms with Crippen LogP contribution in [0.5, 0.6) is 0 Å². The molecular weight excluding hydrogens is 282 g/mol. The van der Waals surface area contributed by atoms with Crippen molar-refractivity contribution in [3.8, 4) is 0 Å². The lowest BCUT2D eigenvalue weighted by Crippen LogP contribution is -2.45. The topological polar surface area (TPSA) is 68.0 Å². The Morgan fingerprint density at radius 1 is 1.52 bits per heavy atom. The highest BCUT2D eigenvalue weighted by Crippen LogP contribution is 2.33. The van der Waals surface area contributed by atoms with E-state index >= 15 is 0 Å². The van der Waals surface area contributed by atoms with E-state index in [9.17, 15) is 4.79 Å². The summed E-state index contributed by atoms with van der Waals surface area (Å²) in [4.78, 5) is 16.8. The van der Waals surface area contributed by atoms with E-state index in [-0.39, 0.29) is 11.9 Å². The van der Waals surface area contributed by atoms with Crippen LogP contribution in [0.25, 0.3) is 0 Å². The van der Waals surface area contributed by atoms with E-state index in [1.807, 2.05) is 5.38 Å². The van der Waals surface area contributed by atoms with Gasteiger partial charge in [0.25, 0.3) is 5.91 Å².